The predicted octanol–water partition coefficient (Wildman–Crippen LogP) is 7.86. The zero-order valence-electron chi connectivity index (χ0n) is 20.0. The number of benzene rings is 1. The van der Waals surface area contributed by atoms with Gasteiger partial charge in [-0.25, -0.2) is 9.59 Å². The van der Waals surface area contributed by atoms with Crippen molar-refractivity contribution in [2.75, 3.05) is 18.0 Å². The van der Waals surface area contributed by atoms with Gasteiger partial charge in [0.05, 0.1) is 5.56 Å². The van der Waals surface area contributed by atoms with Crippen molar-refractivity contribution in [2.45, 2.75) is 39.5 Å². The molecule has 0 aliphatic heterocycles. The molecule has 7 heteroatoms. The summed E-state index contributed by atoms with van der Waals surface area (Å²) >= 11 is 2.73. The molecule has 0 amide bonds. The van der Waals surface area contributed by atoms with Crippen molar-refractivity contribution in [3.63, 3.8) is 0 Å². The van der Waals surface area contributed by atoms with Gasteiger partial charge in [-0.3, -0.25) is 0 Å². The summed E-state index contributed by atoms with van der Waals surface area (Å²) in [5.74, 6) is -0.919. The standard InChI is InChI=1S/C28H29NO4S2/c1-3-5-15-29(16-6-4-2)20-8-7-19-17-23(28(32)33-24(19)18-20)25-13-11-21(34-25)9-10-22-12-14-26(35-22)27(30)31/h7-14,17-18H,3-6,15-16H2,1-2H3,(H,30,31)/b10-9+. The predicted molar refractivity (Wildman–Crippen MR) is 148 cm³/mol. The molecular formula is C28H29NO4S2. The first kappa shape index (κ1) is 24.9. The van der Waals surface area contributed by atoms with Crippen molar-refractivity contribution < 1.29 is 14.3 Å². The number of rotatable bonds is 11. The fourth-order valence-electron chi connectivity index (χ4n) is 3.85. The van der Waals surface area contributed by atoms with E-state index in [1.807, 2.05) is 42.5 Å². The minimum Gasteiger partial charge on any atom is -0.477 e. The Hall–Kier alpha value is -3.16. The van der Waals surface area contributed by atoms with Crippen molar-refractivity contribution in [1.82, 2.24) is 0 Å². The molecule has 4 rings (SSSR count). The Labute approximate surface area is 213 Å². The van der Waals surface area contributed by atoms with Gasteiger partial charge in [-0.2, -0.15) is 0 Å². The van der Waals surface area contributed by atoms with E-state index < -0.39 is 5.97 Å². The Morgan fingerprint density at radius 2 is 1.63 bits per heavy atom. The molecule has 0 atom stereocenters. The second-order valence-corrected chi connectivity index (χ2v) is 10.6. The fraction of sp³-hybridized carbons (Fsp3) is 0.286. The third-order valence-corrected chi connectivity index (χ3v) is 7.91. The van der Waals surface area contributed by atoms with E-state index >= 15 is 0 Å². The first-order valence-electron chi connectivity index (χ1n) is 11.9. The van der Waals surface area contributed by atoms with Crippen molar-refractivity contribution in [1.29, 1.82) is 0 Å². The van der Waals surface area contributed by atoms with Gasteiger partial charge in [0.2, 0.25) is 0 Å². The van der Waals surface area contributed by atoms with Crippen LogP contribution in [0.2, 0.25) is 0 Å². The number of fused-ring (bicyclic) bond motifs is 1. The summed E-state index contributed by atoms with van der Waals surface area (Å²) in [6.45, 7) is 6.39. The molecule has 0 fully saturated rings. The average Bonchev–Trinajstić information content (AvgIpc) is 3.52. The maximum absolute atomic E-state index is 12.9. The van der Waals surface area contributed by atoms with Crippen molar-refractivity contribution in [2.24, 2.45) is 0 Å². The van der Waals surface area contributed by atoms with Crippen LogP contribution in [0.5, 0.6) is 0 Å². The molecule has 1 N–H and O–H groups in total. The number of hydrogen-bond donors (Lipinski definition) is 1. The molecule has 0 spiro atoms. The van der Waals surface area contributed by atoms with Crippen molar-refractivity contribution in [3.05, 3.63) is 73.6 Å². The molecular weight excluding hydrogens is 478 g/mol. The van der Waals surface area contributed by atoms with Crippen LogP contribution in [0.3, 0.4) is 0 Å². The van der Waals surface area contributed by atoms with Gasteiger partial charge in [-0.05, 0) is 67.5 Å². The Balaban J connectivity index is 1.57. The van der Waals surface area contributed by atoms with Gasteiger partial charge in [0, 0.05) is 44.9 Å². The largest absolute Gasteiger partial charge is 0.477 e. The van der Waals surface area contributed by atoms with E-state index in [4.69, 9.17) is 9.52 Å². The summed E-state index contributed by atoms with van der Waals surface area (Å²) in [4.78, 5) is 29.3. The number of thiophene rings is 2. The monoisotopic (exact) mass is 507 g/mol. The molecule has 35 heavy (non-hydrogen) atoms. The maximum Gasteiger partial charge on any atom is 0.345 e. The highest BCUT2D eigenvalue weighted by Gasteiger charge is 2.13. The SMILES string of the molecule is CCCCN(CCCC)c1ccc2cc(-c3ccc(/C=C/c4ccc(C(=O)O)s4)s3)c(=O)oc2c1. The summed E-state index contributed by atoms with van der Waals surface area (Å²) < 4.78 is 5.76. The lowest BCUT2D eigenvalue weighted by Crippen LogP contribution is -2.25. The van der Waals surface area contributed by atoms with Crippen LogP contribution in [-0.4, -0.2) is 24.2 Å². The number of nitrogens with zero attached hydrogens (tertiary/aromatic N) is 1. The van der Waals surface area contributed by atoms with Crippen LogP contribution in [0, 0.1) is 0 Å². The molecule has 3 heterocycles. The van der Waals surface area contributed by atoms with E-state index in [0.717, 1.165) is 64.5 Å². The van der Waals surface area contributed by atoms with Crippen LogP contribution in [-0.2, 0) is 0 Å². The highest BCUT2D eigenvalue weighted by atomic mass is 32.1. The summed E-state index contributed by atoms with van der Waals surface area (Å²) in [6.07, 6.45) is 8.37. The highest BCUT2D eigenvalue weighted by Crippen LogP contribution is 2.31. The maximum atomic E-state index is 12.9. The van der Waals surface area contributed by atoms with E-state index in [9.17, 15) is 9.59 Å². The number of carboxylic acid groups (broad SMARTS) is 1. The summed E-state index contributed by atoms with van der Waals surface area (Å²) in [5.41, 5.74) is 1.91. The third kappa shape index (κ3) is 6.10. The highest BCUT2D eigenvalue weighted by molar-refractivity contribution is 7.16. The number of carboxylic acids is 1. The lowest BCUT2D eigenvalue weighted by Gasteiger charge is -2.24. The van der Waals surface area contributed by atoms with Crippen LogP contribution in [0.15, 0.2) is 57.7 Å². The average molecular weight is 508 g/mol. The minimum atomic E-state index is -0.919. The molecule has 5 nitrogen and oxygen atoms in total. The Bertz CT molecular complexity index is 1390. The van der Waals surface area contributed by atoms with Gasteiger partial charge >= 0.3 is 11.6 Å². The third-order valence-electron chi connectivity index (χ3n) is 5.79. The molecule has 0 radical (unpaired) electrons. The van der Waals surface area contributed by atoms with E-state index in [1.54, 1.807) is 12.1 Å². The Morgan fingerprint density at radius 1 is 0.943 bits per heavy atom. The van der Waals surface area contributed by atoms with Crippen LogP contribution in [0.25, 0.3) is 33.6 Å². The lowest BCUT2D eigenvalue weighted by atomic mass is 10.1. The van der Waals surface area contributed by atoms with Crippen LogP contribution in [0.4, 0.5) is 5.69 Å². The first-order chi connectivity index (χ1) is 17.0. The summed E-state index contributed by atoms with van der Waals surface area (Å²) in [5, 5.41) is 9.97. The second-order valence-electron chi connectivity index (χ2n) is 8.41. The Morgan fingerprint density at radius 3 is 2.29 bits per heavy atom. The van der Waals surface area contributed by atoms with E-state index in [1.165, 1.54) is 22.7 Å². The minimum absolute atomic E-state index is 0.312. The van der Waals surface area contributed by atoms with Crippen LogP contribution >= 0.6 is 22.7 Å². The van der Waals surface area contributed by atoms with Gasteiger partial charge in [0.15, 0.2) is 0 Å². The molecule has 0 aliphatic rings. The second kappa shape index (κ2) is 11.5. The smallest absolute Gasteiger partial charge is 0.345 e. The van der Waals surface area contributed by atoms with E-state index in [0.29, 0.717) is 16.0 Å². The van der Waals surface area contributed by atoms with Gasteiger partial charge < -0.3 is 14.4 Å². The lowest BCUT2D eigenvalue weighted by molar-refractivity contribution is 0.0702. The number of anilines is 1. The normalized spacial score (nSPS) is 11.5. The first-order valence-corrected chi connectivity index (χ1v) is 13.6. The summed E-state index contributed by atoms with van der Waals surface area (Å²) in [6, 6.07) is 15.3. The van der Waals surface area contributed by atoms with Crippen LogP contribution < -0.4 is 10.5 Å². The van der Waals surface area contributed by atoms with Gasteiger partial charge in [-0.1, -0.05) is 26.7 Å². The van der Waals surface area contributed by atoms with E-state index in [-0.39, 0.29) is 5.63 Å². The number of aromatic carboxylic acids is 1. The number of hydrogen-bond acceptors (Lipinski definition) is 6. The van der Waals surface area contributed by atoms with E-state index in [2.05, 4.69) is 24.8 Å². The molecule has 4 aromatic rings. The van der Waals surface area contributed by atoms with Crippen molar-refractivity contribution in [3.8, 4) is 10.4 Å². The molecule has 0 bridgehead atoms. The molecule has 3 aromatic heterocycles. The molecule has 0 unspecified atom stereocenters. The zero-order valence-corrected chi connectivity index (χ0v) is 21.6. The summed E-state index contributed by atoms with van der Waals surface area (Å²) in [7, 11) is 0. The molecule has 1 aromatic carbocycles. The molecule has 0 saturated heterocycles. The fourth-order valence-corrected chi connectivity index (χ4v) is 5.51. The van der Waals surface area contributed by atoms with Gasteiger partial charge in [0.1, 0.15) is 10.5 Å². The quantitative estimate of drug-likeness (QED) is 0.209. The topological polar surface area (TPSA) is 70.8 Å². The van der Waals surface area contributed by atoms with Gasteiger partial charge in [0.25, 0.3) is 0 Å². The van der Waals surface area contributed by atoms with Gasteiger partial charge in [-0.15, -0.1) is 22.7 Å². The Kier molecular flexibility index (Phi) is 8.21. The van der Waals surface area contributed by atoms with Crippen molar-refractivity contribution >= 4 is 57.5 Å². The molecule has 0 saturated carbocycles. The molecule has 0 aliphatic carbocycles. The number of unbranched alkanes of at least 4 members (excludes halogenated alkanes) is 2. The molecule has 182 valence electrons. The number of carbonyl (C=O) groups is 1. The van der Waals surface area contributed by atoms with Crippen LogP contribution in [0.1, 0.15) is 59.0 Å². The zero-order chi connectivity index (χ0) is 24.8.